The first-order valence-electron chi connectivity index (χ1n) is 10.8. The molecule has 3 aromatic rings. The summed E-state index contributed by atoms with van der Waals surface area (Å²) >= 11 is 0. The maximum atomic E-state index is 13.3. The minimum Gasteiger partial charge on any atom is -0.492 e. The summed E-state index contributed by atoms with van der Waals surface area (Å²) in [6.45, 7) is 5.53. The maximum absolute atomic E-state index is 13.3. The Morgan fingerprint density at radius 3 is 2.33 bits per heavy atom. The van der Waals surface area contributed by atoms with Gasteiger partial charge in [0.2, 0.25) is 10.0 Å². The van der Waals surface area contributed by atoms with Crippen molar-refractivity contribution in [3.63, 3.8) is 0 Å². The van der Waals surface area contributed by atoms with E-state index in [-0.39, 0.29) is 18.0 Å². The molecule has 0 unspecified atom stereocenters. The van der Waals surface area contributed by atoms with Crippen molar-refractivity contribution in [1.82, 2.24) is 4.31 Å². The number of ether oxygens (including phenoxy) is 2. The van der Waals surface area contributed by atoms with Gasteiger partial charge >= 0.3 is 5.97 Å². The fourth-order valence-corrected chi connectivity index (χ4v) is 4.86. The zero-order chi connectivity index (χ0) is 24.1. The average molecular weight is 472 g/mol. The van der Waals surface area contributed by atoms with Gasteiger partial charge in [-0.15, -0.1) is 0 Å². The minimum atomic E-state index is -3.69. The summed E-state index contributed by atoms with van der Waals surface area (Å²) in [5, 5.41) is 11.1. The smallest absolute Gasteiger partial charge is 0.347 e. The highest BCUT2D eigenvalue weighted by Crippen LogP contribution is 2.25. The summed E-state index contributed by atoms with van der Waals surface area (Å²) < 4.78 is 39.3. The molecule has 176 valence electrons. The molecule has 3 aromatic carbocycles. The Morgan fingerprint density at radius 2 is 1.64 bits per heavy atom. The Morgan fingerprint density at radius 1 is 0.939 bits per heavy atom. The lowest BCUT2D eigenvalue weighted by atomic mass is 10.1. The third-order valence-electron chi connectivity index (χ3n) is 5.13. The van der Waals surface area contributed by atoms with E-state index in [0.29, 0.717) is 24.5 Å². The lowest BCUT2D eigenvalue weighted by Crippen LogP contribution is -2.37. The molecule has 0 spiro atoms. The summed E-state index contributed by atoms with van der Waals surface area (Å²) in [7, 11) is -3.69. The molecule has 3 rings (SSSR count). The fourth-order valence-electron chi connectivity index (χ4n) is 3.31. The van der Waals surface area contributed by atoms with Crippen LogP contribution < -0.4 is 9.47 Å². The normalized spacial score (nSPS) is 12.1. The third-order valence-corrected chi connectivity index (χ3v) is 7.03. The zero-order valence-corrected chi connectivity index (χ0v) is 19.8. The first-order valence-corrected chi connectivity index (χ1v) is 12.2. The second-order valence-corrected chi connectivity index (χ2v) is 10.1. The number of carboxylic acids is 1. The van der Waals surface area contributed by atoms with Crippen molar-refractivity contribution in [1.29, 1.82) is 0 Å². The van der Waals surface area contributed by atoms with Gasteiger partial charge in [-0.3, -0.25) is 0 Å². The highest BCUT2D eigenvalue weighted by Gasteiger charge is 2.29. The van der Waals surface area contributed by atoms with E-state index in [1.165, 1.54) is 18.2 Å². The van der Waals surface area contributed by atoms with E-state index >= 15 is 0 Å². The summed E-state index contributed by atoms with van der Waals surface area (Å²) in [6.07, 6.45) is 0.667. The van der Waals surface area contributed by atoms with Gasteiger partial charge in [0.25, 0.3) is 0 Å². The number of aliphatic carboxylic acids is 1. The Bertz CT molecular complexity index is 1220. The summed E-state index contributed by atoms with van der Waals surface area (Å²) in [4.78, 5) is 11.5. The van der Waals surface area contributed by atoms with Crippen molar-refractivity contribution in [2.24, 2.45) is 0 Å². The van der Waals surface area contributed by atoms with Crippen LogP contribution in [0.25, 0.3) is 10.8 Å². The van der Waals surface area contributed by atoms with Crippen molar-refractivity contribution < 1.29 is 27.8 Å². The Kier molecular flexibility index (Phi) is 7.61. The largest absolute Gasteiger partial charge is 0.492 e. The van der Waals surface area contributed by atoms with Gasteiger partial charge in [-0.1, -0.05) is 43.3 Å². The number of rotatable bonds is 11. The molecule has 0 aliphatic rings. The Balaban J connectivity index is 1.70. The monoisotopic (exact) mass is 471 g/mol. The number of carbonyl (C=O) groups is 1. The fraction of sp³-hybridized carbons (Fsp3) is 0.320. The number of nitrogens with zero attached hydrogens (tertiary/aromatic N) is 1. The number of fused-ring (bicyclic) bond motifs is 1. The van der Waals surface area contributed by atoms with Crippen molar-refractivity contribution >= 4 is 26.8 Å². The van der Waals surface area contributed by atoms with E-state index in [1.54, 1.807) is 36.4 Å². The molecular weight excluding hydrogens is 442 g/mol. The van der Waals surface area contributed by atoms with Gasteiger partial charge in [0.1, 0.15) is 18.1 Å². The number of sulfonamides is 1. The van der Waals surface area contributed by atoms with Crippen LogP contribution in [0, 0.1) is 0 Å². The molecule has 0 fully saturated rings. The van der Waals surface area contributed by atoms with E-state index in [0.717, 1.165) is 10.8 Å². The molecule has 0 aliphatic carbocycles. The molecule has 1 N–H and O–H groups in total. The molecule has 0 aliphatic heterocycles. The van der Waals surface area contributed by atoms with E-state index in [4.69, 9.17) is 9.47 Å². The molecule has 33 heavy (non-hydrogen) atoms. The second kappa shape index (κ2) is 10.2. The number of benzene rings is 3. The Labute approximate surface area is 194 Å². The molecule has 8 heteroatoms. The van der Waals surface area contributed by atoms with Gasteiger partial charge in [0.15, 0.2) is 5.60 Å². The van der Waals surface area contributed by atoms with Crippen LogP contribution in [0.15, 0.2) is 71.6 Å². The van der Waals surface area contributed by atoms with Gasteiger partial charge in [0.05, 0.1) is 4.90 Å². The van der Waals surface area contributed by atoms with Crippen LogP contribution in [0.5, 0.6) is 11.5 Å². The highest BCUT2D eigenvalue weighted by atomic mass is 32.2. The first-order chi connectivity index (χ1) is 15.6. The second-order valence-electron chi connectivity index (χ2n) is 8.15. The van der Waals surface area contributed by atoms with Crippen LogP contribution in [-0.4, -0.2) is 49.1 Å². The van der Waals surface area contributed by atoms with E-state index in [2.05, 4.69) is 0 Å². The predicted octanol–water partition coefficient (Wildman–Crippen LogP) is 4.56. The Hall–Kier alpha value is -3.10. The van der Waals surface area contributed by atoms with Crippen LogP contribution in [0.3, 0.4) is 0 Å². The number of hydrogen-bond donors (Lipinski definition) is 1. The van der Waals surface area contributed by atoms with Gasteiger partial charge in [-0.25, -0.2) is 13.2 Å². The third kappa shape index (κ3) is 6.03. The van der Waals surface area contributed by atoms with E-state index in [1.807, 2.05) is 37.3 Å². The highest BCUT2D eigenvalue weighted by molar-refractivity contribution is 7.89. The lowest BCUT2D eigenvalue weighted by molar-refractivity contribution is -0.152. The van der Waals surface area contributed by atoms with Crippen LogP contribution in [-0.2, 0) is 14.8 Å². The standard InChI is InChI=1S/C25H29NO6S/c1-4-14-26(33(29,30)23-13-12-19-8-5-6-9-20(19)17-23)15-16-31-21-10-7-11-22(18-21)32-25(2,3)24(27)28/h5-13,17-18H,4,14-16H2,1-3H3,(H,27,28). The van der Waals surface area contributed by atoms with Crippen molar-refractivity contribution in [3.05, 3.63) is 66.7 Å². The predicted molar refractivity (Wildman–Crippen MR) is 127 cm³/mol. The van der Waals surface area contributed by atoms with E-state index < -0.39 is 21.6 Å². The minimum absolute atomic E-state index is 0.137. The van der Waals surface area contributed by atoms with Crippen molar-refractivity contribution in [2.75, 3.05) is 19.7 Å². The molecule has 0 bridgehead atoms. The van der Waals surface area contributed by atoms with Gasteiger partial charge in [-0.05, 0) is 55.3 Å². The van der Waals surface area contributed by atoms with Crippen LogP contribution in [0.2, 0.25) is 0 Å². The van der Waals surface area contributed by atoms with Gasteiger partial charge in [-0.2, -0.15) is 4.31 Å². The molecule has 0 amide bonds. The van der Waals surface area contributed by atoms with Crippen LogP contribution in [0.4, 0.5) is 0 Å². The number of hydrogen-bond acceptors (Lipinski definition) is 5. The SMILES string of the molecule is CCCN(CCOc1cccc(OC(C)(C)C(=O)O)c1)S(=O)(=O)c1ccc2ccccc2c1. The van der Waals surface area contributed by atoms with Gasteiger partial charge in [0, 0.05) is 19.2 Å². The molecule has 0 saturated carbocycles. The molecule has 0 atom stereocenters. The summed E-state index contributed by atoms with van der Waals surface area (Å²) in [6, 6.07) is 19.4. The molecule has 0 heterocycles. The maximum Gasteiger partial charge on any atom is 0.347 e. The van der Waals surface area contributed by atoms with Crippen LogP contribution in [0.1, 0.15) is 27.2 Å². The molecular formula is C25H29NO6S. The van der Waals surface area contributed by atoms with Crippen LogP contribution >= 0.6 is 0 Å². The molecule has 0 radical (unpaired) electrons. The van der Waals surface area contributed by atoms with Crippen molar-refractivity contribution in [3.8, 4) is 11.5 Å². The van der Waals surface area contributed by atoms with Crippen molar-refractivity contribution in [2.45, 2.75) is 37.7 Å². The molecule has 0 saturated heterocycles. The topological polar surface area (TPSA) is 93.1 Å². The average Bonchev–Trinajstić information content (AvgIpc) is 2.78. The van der Waals surface area contributed by atoms with Gasteiger partial charge < -0.3 is 14.6 Å². The summed E-state index contributed by atoms with van der Waals surface area (Å²) in [5.74, 6) is -0.259. The molecule has 7 nitrogen and oxygen atoms in total. The van der Waals surface area contributed by atoms with E-state index in [9.17, 15) is 18.3 Å². The zero-order valence-electron chi connectivity index (χ0n) is 19.0. The lowest BCUT2D eigenvalue weighted by Gasteiger charge is -2.23. The first kappa shape index (κ1) is 24.5. The molecule has 0 aromatic heterocycles. The quantitative estimate of drug-likeness (QED) is 0.441. The number of carboxylic acid groups (broad SMARTS) is 1. The summed E-state index contributed by atoms with van der Waals surface area (Å²) in [5.41, 5.74) is -1.38.